The Labute approximate surface area is 150 Å². The lowest BCUT2D eigenvalue weighted by molar-refractivity contribution is -0.0177. The lowest BCUT2D eigenvalue weighted by atomic mass is 9.71. The summed E-state index contributed by atoms with van der Waals surface area (Å²) in [6.07, 6.45) is 4.42. The molecule has 0 atom stereocenters. The second kappa shape index (κ2) is 5.34. The van der Waals surface area contributed by atoms with Crippen molar-refractivity contribution in [2.45, 2.75) is 83.5 Å². The maximum atomic E-state index is 12.7. The van der Waals surface area contributed by atoms with Crippen molar-refractivity contribution in [3.05, 3.63) is 23.3 Å². The SMILES string of the molecule is CCc1cc2c(cc1B1OC(C)(C)C(C)(C)O1)OC1(CCC1)CC2=O. The van der Waals surface area contributed by atoms with Gasteiger partial charge in [-0.2, -0.15) is 0 Å². The Bertz CT molecular complexity index is 717. The van der Waals surface area contributed by atoms with Crippen molar-refractivity contribution < 1.29 is 18.8 Å². The molecule has 2 fully saturated rings. The molecule has 5 heteroatoms. The number of Topliss-reactive ketones (excluding diaryl/α,β-unsaturated/α-hetero) is 1. The Morgan fingerprint density at radius 3 is 2.24 bits per heavy atom. The number of carbonyl (C=O) groups excluding carboxylic acids is 1. The average molecular weight is 342 g/mol. The summed E-state index contributed by atoms with van der Waals surface area (Å²) in [4.78, 5) is 12.7. The summed E-state index contributed by atoms with van der Waals surface area (Å²) in [5.74, 6) is 0.911. The maximum Gasteiger partial charge on any atom is 0.495 e. The Balaban J connectivity index is 1.74. The van der Waals surface area contributed by atoms with Crippen LogP contribution in [-0.2, 0) is 15.7 Å². The third-order valence-corrected chi connectivity index (χ3v) is 6.50. The molecule has 2 aliphatic heterocycles. The van der Waals surface area contributed by atoms with Gasteiger partial charge >= 0.3 is 7.12 Å². The van der Waals surface area contributed by atoms with Crippen LogP contribution in [0.1, 0.15) is 76.2 Å². The van der Waals surface area contributed by atoms with Gasteiger partial charge in [0, 0.05) is 0 Å². The molecule has 1 aromatic rings. The molecular formula is C20H27BO4. The molecule has 0 amide bonds. The standard InChI is InChI=1S/C20H27BO4/c1-6-13-10-14-16(22)12-20(8-7-9-20)23-17(14)11-15(13)21-24-18(2,3)19(4,5)25-21/h10-11H,6-9,12H2,1-5H3. The number of hydrogen-bond donors (Lipinski definition) is 0. The Hall–Kier alpha value is -1.33. The van der Waals surface area contributed by atoms with E-state index < -0.39 is 7.12 Å². The zero-order valence-electron chi connectivity index (χ0n) is 15.9. The van der Waals surface area contributed by atoms with E-state index >= 15 is 0 Å². The van der Waals surface area contributed by atoms with Crippen molar-refractivity contribution in [2.75, 3.05) is 0 Å². The molecule has 0 bridgehead atoms. The van der Waals surface area contributed by atoms with E-state index in [1.165, 1.54) is 0 Å². The van der Waals surface area contributed by atoms with E-state index in [0.29, 0.717) is 12.2 Å². The lowest BCUT2D eigenvalue weighted by Crippen LogP contribution is -2.48. The maximum absolute atomic E-state index is 12.7. The molecular weight excluding hydrogens is 315 g/mol. The Morgan fingerprint density at radius 2 is 1.72 bits per heavy atom. The highest BCUT2D eigenvalue weighted by Crippen LogP contribution is 2.45. The number of ether oxygens (including phenoxy) is 1. The summed E-state index contributed by atoms with van der Waals surface area (Å²) in [5.41, 5.74) is 1.78. The molecule has 0 unspecified atom stereocenters. The molecule has 1 aliphatic carbocycles. The molecule has 4 rings (SSSR count). The fourth-order valence-corrected chi connectivity index (χ4v) is 3.95. The molecule has 0 aromatic heterocycles. The van der Waals surface area contributed by atoms with Crippen LogP contribution in [-0.4, -0.2) is 29.7 Å². The number of rotatable bonds is 2. The van der Waals surface area contributed by atoms with Gasteiger partial charge in [0.2, 0.25) is 0 Å². The van der Waals surface area contributed by atoms with Crippen LogP contribution >= 0.6 is 0 Å². The van der Waals surface area contributed by atoms with Crippen LogP contribution in [0.15, 0.2) is 12.1 Å². The quantitative estimate of drug-likeness (QED) is 0.773. The van der Waals surface area contributed by atoms with Crippen LogP contribution in [0.3, 0.4) is 0 Å². The van der Waals surface area contributed by atoms with E-state index in [1.54, 1.807) is 0 Å². The third kappa shape index (κ3) is 2.55. The van der Waals surface area contributed by atoms with Crippen LogP contribution in [0.5, 0.6) is 5.75 Å². The molecule has 4 nitrogen and oxygen atoms in total. The summed E-state index contributed by atoms with van der Waals surface area (Å²) in [7, 11) is -0.428. The molecule has 1 aromatic carbocycles. The van der Waals surface area contributed by atoms with Crippen LogP contribution < -0.4 is 10.2 Å². The van der Waals surface area contributed by atoms with Crippen molar-refractivity contribution in [3.63, 3.8) is 0 Å². The molecule has 25 heavy (non-hydrogen) atoms. The Kier molecular flexibility index (Phi) is 3.65. The number of fused-ring (bicyclic) bond motifs is 1. The third-order valence-electron chi connectivity index (χ3n) is 6.50. The van der Waals surface area contributed by atoms with Crippen LogP contribution in [0.2, 0.25) is 0 Å². The zero-order chi connectivity index (χ0) is 18.0. The number of carbonyl (C=O) groups is 1. The van der Waals surface area contributed by atoms with Gasteiger partial charge in [-0.1, -0.05) is 6.92 Å². The average Bonchev–Trinajstić information content (AvgIpc) is 2.72. The lowest BCUT2D eigenvalue weighted by Gasteiger charge is -2.44. The van der Waals surface area contributed by atoms with Crippen molar-refractivity contribution in [3.8, 4) is 5.75 Å². The molecule has 1 spiro atoms. The molecule has 1 saturated carbocycles. The summed E-state index contributed by atoms with van der Waals surface area (Å²) in [6, 6.07) is 3.98. The van der Waals surface area contributed by atoms with Gasteiger partial charge in [-0.15, -0.1) is 0 Å². The molecule has 2 heterocycles. The van der Waals surface area contributed by atoms with Gasteiger partial charge in [-0.3, -0.25) is 4.79 Å². The predicted molar refractivity (Wildman–Crippen MR) is 97.7 cm³/mol. The van der Waals surface area contributed by atoms with Gasteiger partial charge in [0.15, 0.2) is 5.78 Å². The van der Waals surface area contributed by atoms with Crippen molar-refractivity contribution in [1.82, 2.24) is 0 Å². The van der Waals surface area contributed by atoms with E-state index in [0.717, 1.165) is 42.3 Å². The number of ketones is 1. The van der Waals surface area contributed by atoms with Gasteiger partial charge in [-0.25, -0.2) is 0 Å². The zero-order valence-corrected chi connectivity index (χ0v) is 15.9. The summed E-state index contributed by atoms with van der Waals surface area (Å²) >= 11 is 0. The van der Waals surface area contributed by atoms with Crippen LogP contribution in [0, 0.1) is 0 Å². The summed E-state index contributed by atoms with van der Waals surface area (Å²) < 4.78 is 18.8. The van der Waals surface area contributed by atoms with E-state index in [9.17, 15) is 4.79 Å². The van der Waals surface area contributed by atoms with E-state index in [-0.39, 0.29) is 22.6 Å². The number of benzene rings is 1. The molecule has 0 radical (unpaired) electrons. The molecule has 0 N–H and O–H groups in total. The minimum absolute atomic E-state index is 0.205. The van der Waals surface area contributed by atoms with Gasteiger partial charge in [0.05, 0.1) is 23.2 Å². The van der Waals surface area contributed by atoms with Crippen molar-refractivity contribution in [2.24, 2.45) is 0 Å². The van der Waals surface area contributed by atoms with E-state index in [4.69, 9.17) is 14.0 Å². The van der Waals surface area contributed by atoms with Gasteiger partial charge in [0.1, 0.15) is 11.4 Å². The number of hydrogen-bond acceptors (Lipinski definition) is 4. The fraction of sp³-hybridized carbons (Fsp3) is 0.650. The second-order valence-electron chi connectivity index (χ2n) is 8.73. The first-order valence-corrected chi connectivity index (χ1v) is 9.41. The minimum atomic E-state index is -0.428. The monoisotopic (exact) mass is 342 g/mol. The molecule has 3 aliphatic rings. The largest absolute Gasteiger partial charge is 0.495 e. The molecule has 134 valence electrons. The van der Waals surface area contributed by atoms with Crippen molar-refractivity contribution in [1.29, 1.82) is 0 Å². The first kappa shape index (κ1) is 17.1. The summed E-state index contributed by atoms with van der Waals surface area (Å²) in [6.45, 7) is 10.3. The van der Waals surface area contributed by atoms with Gasteiger partial charge in [-0.05, 0) is 76.5 Å². The second-order valence-corrected chi connectivity index (χ2v) is 8.73. The minimum Gasteiger partial charge on any atom is -0.486 e. The molecule has 1 saturated heterocycles. The van der Waals surface area contributed by atoms with E-state index in [1.807, 2.05) is 12.1 Å². The van der Waals surface area contributed by atoms with Gasteiger partial charge < -0.3 is 14.0 Å². The number of aryl methyl sites for hydroxylation is 1. The predicted octanol–water partition coefficient (Wildman–Crippen LogP) is 3.44. The van der Waals surface area contributed by atoms with Crippen LogP contribution in [0.25, 0.3) is 0 Å². The van der Waals surface area contributed by atoms with Gasteiger partial charge in [0.25, 0.3) is 0 Å². The van der Waals surface area contributed by atoms with Crippen LogP contribution in [0.4, 0.5) is 0 Å². The summed E-state index contributed by atoms with van der Waals surface area (Å²) in [5, 5.41) is 0. The first-order valence-electron chi connectivity index (χ1n) is 9.41. The highest BCUT2D eigenvalue weighted by atomic mass is 16.7. The smallest absolute Gasteiger partial charge is 0.486 e. The normalized spacial score (nSPS) is 25.5. The fourth-order valence-electron chi connectivity index (χ4n) is 3.95. The van der Waals surface area contributed by atoms with E-state index in [2.05, 4.69) is 34.6 Å². The van der Waals surface area contributed by atoms with Crippen molar-refractivity contribution >= 4 is 18.4 Å². The topological polar surface area (TPSA) is 44.8 Å². The Morgan fingerprint density at radius 1 is 1.08 bits per heavy atom. The first-order chi connectivity index (χ1) is 11.7. The highest BCUT2D eigenvalue weighted by Gasteiger charge is 2.53. The highest BCUT2D eigenvalue weighted by molar-refractivity contribution is 6.62.